The first-order valence-electron chi connectivity index (χ1n) is 4.01. The quantitative estimate of drug-likeness (QED) is 0.659. The van der Waals surface area contributed by atoms with Gasteiger partial charge in [0.2, 0.25) is 11.7 Å². The third-order valence-corrected chi connectivity index (χ3v) is 2.14. The number of amides is 1. The Morgan fingerprint density at radius 2 is 2.27 bits per heavy atom. The molecule has 1 aromatic heterocycles. The minimum absolute atomic E-state index is 0.0166. The van der Waals surface area contributed by atoms with Gasteiger partial charge in [-0.05, 0) is 28.1 Å². The Morgan fingerprint density at radius 3 is 2.67 bits per heavy atom. The number of carbonyl (C=O) groups is 2. The van der Waals surface area contributed by atoms with E-state index >= 15 is 0 Å². The number of ketones is 1. The number of Topliss-reactive ketones (excluding diaryl/α,β-unsaturated/α-hetero) is 1. The number of furan rings is 1. The first kappa shape index (κ1) is 11.5. The normalized spacial score (nSPS) is 11.5. The molecule has 0 radical (unpaired) electrons. The van der Waals surface area contributed by atoms with Gasteiger partial charge in [-0.3, -0.25) is 9.59 Å². The summed E-state index contributed by atoms with van der Waals surface area (Å²) >= 11 is 3.02. The molecule has 0 unspecified atom stereocenters. The van der Waals surface area contributed by atoms with Crippen molar-refractivity contribution in [1.29, 1.82) is 5.26 Å². The van der Waals surface area contributed by atoms with E-state index in [-0.39, 0.29) is 5.76 Å². The van der Waals surface area contributed by atoms with E-state index in [1.54, 1.807) is 6.07 Å². The third-order valence-electron chi connectivity index (χ3n) is 1.72. The zero-order chi connectivity index (χ0) is 11.4. The third kappa shape index (κ3) is 2.44. The maximum Gasteiger partial charge on any atom is 0.245 e. The van der Waals surface area contributed by atoms with Crippen molar-refractivity contribution in [3.63, 3.8) is 0 Å². The lowest BCUT2D eigenvalue weighted by Gasteiger charge is -2.03. The average molecular weight is 271 g/mol. The Kier molecular flexibility index (Phi) is 3.63. The van der Waals surface area contributed by atoms with Gasteiger partial charge in [-0.25, -0.2) is 0 Å². The van der Waals surface area contributed by atoms with Gasteiger partial charge in [-0.1, -0.05) is 0 Å². The van der Waals surface area contributed by atoms with Gasteiger partial charge in [0, 0.05) is 7.05 Å². The molecule has 0 spiro atoms. The number of carbonyl (C=O) groups excluding carboxylic acids is 2. The SMILES string of the molecule is CNC(=O)[C@@H](C#N)C(=O)c1ccc(Br)o1. The van der Waals surface area contributed by atoms with Crippen LogP contribution in [-0.4, -0.2) is 18.7 Å². The molecule has 5 nitrogen and oxygen atoms in total. The molecule has 0 aromatic carbocycles. The van der Waals surface area contributed by atoms with E-state index in [4.69, 9.17) is 9.68 Å². The highest BCUT2D eigenvalue weighted by Crippen LogP contribution is 2.17. The van der Waals surface area contributed by atoms with E-state index in [2.05, 4.69) is 21.2 Å². The maximum absolute atomic E-state index is 11.6. The summed E-state index contributed by atoms with van der Waals surface area (Å²) in [4.78, 5) is 22.7. The summed E-state index contributed by atoms with van der Waals surface area (Å²) in [5.74, 6) is -2.68. The van der Waals surface area contributed by atoms with Crippen molar-refractivity contribution >= 4 is 27.6 Å². The van der Waals surface area contributed by atoms with Gasteiger partial charge in [0.05, 0.1) is 6.07 Å². The molecular formula is C9H7BrN2O3. The van der Waals surface area contributed by atoms with Crippen molar-refractivity contribution in [3.8, 4) is 6.07 Å². The molecule has 1 aromatic rings. The Labute approximate surface area is 94.2 Å². The lowest BCUT2D eigenvalue weighted by Crippen LogP contribution is -2.31. The monoisotopic (exact) mass is 270 g/mol. The van der Waals surface area contributed by atoms with Crippen molar-refractivity contribution in [1.82, 2.24) is 5.32 Å². The highest BCUT2D eigenvalue weighted by atomic mass is 79.9. The molecule has 6 heteroatoms. The molecule has 1 N–H and O–H groups in total. The molecule has 0 aliphatic carbocycles. The second-order valence-electron chi connectivity index (χ2n) is 2.64. The van der Waals surface area contributed by atoms with Gasteiger partial charge >= 0.3 is 0 Å². The molecule has 1 heterocycles. The van der Waals surface area contributed by atoms with E-state index in [1.807, 2.05) is 0 Å². The van der Waals surface area contributed by atoms with E-state index in [1.165, 1.54) is 19.2 Å². The number of hydrogen-bond donors (Lipinski definition) is 1. The van der Waals surface area contributed by atoms with Gasteiger partial charge in [0.15, 0.2) is 16.3 Å². The number of hydrogen-bond acceptors (Lipinski definition) is 4. The van der Waals surface area contributed by atoms with Gasteiger partial charge in [-0.15, -0.1) is 0 Å². The predicted octanol–water partition coefficient (Wildman–Crippen LogP) is 1.11. The van der Waals surface area contributed by atoms with Crippen LogP contribution < -0.4 is 5.32 Å². The number of halogens is 1. The lowest BCUT2D eigenvalue weighted by atomic mass is 10.0. The van der Waals surface area contributed by atoms with E-state index in [0.29, 0.717) is 4.67 Å². The largest absolute Gasteiger partial charge is 0.446 e. The summed E-state index contributed by atoms with van der Waals surface area (Å²) < 4.78 is 5.33. The van der Waals surface area contributed by atoms with Crippen molar-refractivity contribution in [2.75, 3.05) is 7.05 Å². The fraction of sp³-hybridized carbons (Fsp3) is 0.222. The minimum Gasteiger partial charge on any atom is -0.446 e. The molecule has 1 amide bonds. The van der Waals surface area contributed by atoms with Crippen LogP contribution in [0.5, 0.6) is 0 Å². The zero-order valence-corrected chi connectivity index (χ0v) is 9.37. The number of rotatable bonds is 3. The number of nitrogens with zero attached hydrogens (tertiary/aromatic N) is 1. The van der Waals surface area contributed by atoms with Crippen molar-refractivity contribution in [2.45, 2.75) is 0 Å². The van der Waals surface area contributed by atoms with Crippen LogP contribution in [0.1, 0.15) is 10.6 Å². The second-order valence-corrected chi connectivity index (χ2v) is 3.43. The molecule has 0 saturated heterocycles. The number of nitrogens with one attached hydrogen (secondary N) is 1. The van der Waals surface area contributed by atoms with Crippen molar-refractivity contribution in [2.24, 2.45) is 5.92 Å². The molecule has 0 bridgehead atoms. The van der Waals surface area contributed by atoms with Gasteiger partial charge in [0.1, 0.15) is 0 Å². The molecule has 78 valence electrons. The fourth-order valence-corrected chi connectivity index (χ4v) is 1.28. The standard InChI is InChI=1S/C9H7BrN2O3/c1-12-9(14)5(4-11)8(13)6-2-3-7(10)15-6/h2-3,5H,1H3,(H,12,14)/t5-/m0/s1. The average Bonchev–Trinajstić information content (AvgIpc) is 2.65. The van der Waals surface area contributed by atoms with Gasteiger partial charge in [0.25, 0.3) is 0 Å². The summed E-state index contributed by atoms with van der Waals surface area (Å²) in [6.07, 6.45) is 0. The summed E-state index contributed by atoms with van der Waals surface area (Å²) in [7, 11) is 1.36. The first-order chi connectivity index (χ1) is 7.10. The first-order valence-corrected chi connectivity index (χ1v) is 4.80. The molecule has 15 heavy (non-hydrogen) atoms. The van der Waals surface area contributed by atoms with Crippen LogP contribution in [0.25, 0.3) is 0 Å². The van der Waals surface area contributed by atoms with Crippen LogP contribution in [0.4, 0.5) is 0 Å². The van der Waals surface area contributed by atoms with Gasteiger partial charge < -0.3 is 9.73 Å². The van der Waals surface area contributed by atoms with E-state index < -0.39 is 17.6 Å². The molecule has 0 aliphatic rings. The van der Waals surface area contributed by atoms with Crippen LogP contribution in [0.15, 0.2) is 21.2 Å². The van der Waals surface area contributed by atoms with E-state index in [9.17, 15) is 9.59 Å². The van der Waals surface area contributed by atoms with Crippen LogP contribution in [-0.2, 0) is 4.79 Å². The fourth-order valence-electron chi connectivity index (χ4n) is 0.970. The van der Waals surface area contributed by atoms with Crippen LogP contribution in [0, 0.1) is 17.2 Å². The molecule has 0 aliphatic heterocycles. The summed E-state index contributed by atoms with van der Waals surface area (Å²) in [5.41, 5.74) is 0. The highest BCUT2D eigenvalue weighted by molar-refractivity contribution is 9.10. The molecular weight excluding hydrogens is 264 g/mol. The van der Waals surface area contributed by atoms with Crippen molar-refractivity contribution in [3.05, 3.63) is 22.6 Å². The van der Waals surface area contributed by atoms with Crippen LogP contribution in [0.3, 0.4) is 0 Å². The summed E-state index contributed by atoms with van der Waals surface area (Å²) in [6.45, 7) is 0. The minimum atomic E-state index is -1.37. The molecule has 0 saturated carbocycles. The molecule has 1 rings (SSSR count). The topological polar surface area (TPSA) is 83.1 Å². The maximum atomic E-state index is 11.6. The second kappa shape index (κ2) is 4.75. The lowest BCUT2D eigenvalue weighted by molar-refractivity contribution is -0.121. The Morgan fingerprint density at radius 1 is 1.60 bits per heavy atom. The van der Waals surface area contributed by atoms with Crippen molar-refractivity contribution < 1.29 is 14.0 Å². The smallest absolute Gasteiger partial charge is 0.245 e. The predicted molar refractivity (Wildman–Crippen MR) is 53.9 cm³/mol. The zero-order valence-electron chi connectivity index (χ0n) is 7.78. The Hall–Kier alpha value is -1.61. The summed E-state index contributed by atoms with van der Waals surface area (Å²) in [5, 5.41) is 10.9. The Balaban J connectivity index is 2.93. The number of nitriles is 1. The van der Waals surface area contributed by atoms with Gasteiger partial charge in [-0.2, -0.15) is 5.26 Å². The Bertz CT molecular complexity index is 433. The van der Waals surface area contributed by atoms with Crippen LogP contribution in [0.2, 0.25) is 0 Å². The summed E-state index contributed by atoms with van der Waals surface area (Å²) in [6, 6.07) is 4.55. The van der Waals surface area contributed by atoms with E-state index in [0.717, 1.165) is 0 Å². The highest BCUT2D eigenvalue weighted by Gasteiger charge is 2.28. The molecule has 1 atom stereocenters. The molecule has 0 fully saturated rings. The van der Waals surface area contributed by atoms with Crippen LogP contribution >= 0.6 is 15.9 Å².